The predicted octanol–water partition coefficient (Wildman–Crippen LogP) is 4.59. The Bertz CT molecular complexity index is 776. The number of fused-ring (bicyclic) bond motifs is 1. The van der Waals surface area contributed by atoms with E-state index in [2.05, 4.69) is 5.32 Å². The highest BCUT2D eigenvalue weighted by Gasteiger charge is 2.35. The summed E-state index contributed by atoms with van der Waals surface area (Å²) in [5.41, 5.74) is 0.629. The molecule has 1 N–H and O–H groups in total. The molecule has 0 fully saturated rings. The summed E-state index contributed by atoms with van der Waals surface area (Å²) in [4.78, 5) is 13.9. The molecule has 0 saturated carbocycles. The van der Waals surface area contributed by atoms with Crippen molar-refractivity contribution in [2.45, 2.75) is 49.0 Å². The fraction of sp³-hybridized carbons (Fsp3) is 0.381. The number of ether oxygens (including phenoxy) is 2. The first-order chi connectivity index (χ1) is 12.4. The van der Waals surface area contributed by atoms with E-state index >= 15 is 0 Å². The van der Waals surface area contributed by atoms with Crippen LogP contribution in [0.15, 0.2) is 53.4 Å². The van der Waals surface area contributed by atoms with E-state index in [0.717, 1.165) is 22.0 Å². The summed E-state index contributed by atoms with van der Waals surface area (Å²) in [6.07, 6.45) is 0.710. The number of methoxy groups -OCH3 is 1. The van der Waals surface area contributed by atoms with Gasteiger partial charge in [-0.05, 0) is 51.1 Å². The number of amides is 1. The van der Waals surface area contributed by atoms with Gasteiger partial charge < -0.3 is 14.8 Å². The molecule has 1 aliphatic rings. The lowest BCUT2D eigenvalue weighted by Gasteiger charge is -2.38. The van der Waals surface area contributed by atoms with Crippen molar-refractivity contribution < 1.29 is 14.3 Å². The lowest BCUT2D eigenvalue weighted by atomic mass is 9.89. The standard InChI is InChI=1S/C21H25NO3S/c1-14(26-16-8-6-5-7-9-16)20(23)22-18-13-21(2,3)25-19-11-10-15(24-4)12-17(18)19/h5-12,14,18H,13H2,1-4H3,(H,22,23)/t14-,18-/m1/s1. The maximum absolute atomic E-state index is 12.8. The highest BCUT2D eigenvalue weighted by atomic mass is 32.2. The summed E-state index contributed by atoms with van der Waals surface area (Å²) in [5.74, 6) is 1.59. The van der Waals surface area contributed by atoms with E-state index < -0.39 is 0 Å². The zero-order valence-electron chi connectivity index (χ0n) is 15.6. The van der Waals surface area contributed by atoms with Gasteiger partial charge >= 0.3 is 0 Å². The van der Waals surface area contributed by atoms with Crippen LogP contribution in [0.4, 0.5) is 0 Å². The molecule has 1 heterocycles. The smallest absolute Gasteiger partial charge is 0.233 e. The fourth-order valence-corrected chi connectivity index (χ4v) is 4.03. The van der Waals surface area contributed by atoms with E-state index in [4.69, 9.17) is 9.47 Å². The highest BCUT2D eigenvalue weighted by molar-refractivity contribution is 8.00. The molecule has 0 aromatic heterocycles. The SMILES string of the molecule is COc1ccc2c(c1)[C@H](NC(=O)[C@@H](C)Sc1ccccc1)CC(C)(C)O2. The Morgan fingerprint density at radius 3 is 2.69 bits per heavy atom. The normalized spacial score (nSPS) is 19.0. The largest absolute Gasteiger partial charge is 0.497 e. The van der Waals surface area contributed by atoms with Crippen molar-refractivity contribution in [2.24, 2.45) is 0 Å². The molecule has 2 aromatic rings. The molecule has 2 aromatic carbocycles. The molecule has 4 nitrogen and oxygen atoms in total. The van der Waals surface area contributed by atoms with E-state index in [9.17, 15) is 4.79 Å². The monoisotopic (exact) mass is 371 g/mol. The molecular formula is C21H25NO3S. The first kappa shape index (κ1) is 18.6. The summed E-state index contributed by atoms with van der Waals surface area (Å²) < 4.78 is 11.4. The van der Waals surface area contributed by atoms with Crippen molar-refractivity contribution in [3.63, 3.8) is 0 Å². The van der Waals surface area contributed by atoms with Gasteiger partial charge in [-0.3, -0.25) is 4.79 Å². The van der Waals surface area contributed by atoms with Crippen LogP contribution in [-0.4, -0.2) is 23.9 Å². The number of hydrogen-bond acceptors (Lipinski definition) is 4. The summed E-state index contributed by atoms with van der Waals surface area (Å²) in [6, 6.07) is 15.6. The molecule has 0 bridgehead atoms. The van der Waals surface area contributed by atoms with Crippen LogP contribution in [0.1, 0.15) is 38.8 Å². The summed E-state index contributed by atoms with van der Waals surface area (Å²) >= 11 is 1.56. The second-order valence-corrected chi connectivity index (χ2v) is 8.52. The van der Waals surface area contributed by atoms with Crippen LogP contribution in [0.2, 0.25) is 0 Å². The Kier molecular flexibility index (Phi) is 5.47. The maximum Gasteiger partial charge on any atom is 0.233 e. The van der Waals surface area contributed by atoms with E-state index in [1.807, 2.05) is 69.3 Å². The first-order valence-electron chi connectivity index (χ1n) is 8.77. The minimum Gasteiger partial charge on any atom is -0.497 e. The summed E-state index contributed by atoms with van der Waals surface area (Å²) in [6.45, 7) is 6.02. The molecule has 26 heavy (non-hydrogen) atoms. The number of rotatable bonds is 5. The molecule has 5 heteroatoms. The van der Waals surface area contributed by atoms with Crippen LogP contribution >= 0.6 is 11.8 Å². The van der Waals surface area contributed by atoms with Crippen LogP contribution in [-0.2, 0) is 4.79 Å². The average molecular weight is 372 g/mol. The van der Waals surface area contributed by atoms with E-state index in [1.54, 1.807) is 18.9 Å². The van der Waals surface area contributed by atoms with Crippen LogP contribution < -0.4 is 14.8 Å². The van der Waals surface area contributed by atoms with Gasteiger partial charge in [0, 0.05) is 16.9 Å². The lowest BCUT2D eigenvalue weighted by Crippen LogP contribution is -2.43. The summed E-state index contributed by atoms with van der Waals surface area (Å²) in [7, 11) is 1.64. The van der Waals surface area contributed by atoms with Gasteiger partial charge in [0.05, 0.1) is 18.4 Å². The van der Waals surface area contributed by atoms with Gasteiger partial charge in [-0.25, -0.2) is 0 Å². The Balaban J connectivity index is 1.77. The maximum atomic E-state index is 12.8. The van der Waals surface area contributed by atoms with Crippen molar-refractivity contribution in [1.82, 2.24) is 5.32 Å². The van der Waals surface area contributed by atoms with Gasteiger partial charge in [0.2, 0.25) is 5.91 Å². The second kappa shape index (κ2) is 7.62. The number of benzene rings is 2. The van der Waals surface area contributed by atoms with E-state index in [0.29, 0.717) is 6.42 Å². The number of carbonyl (C=O) groups is 1. The predicted molar refractivity (Wildman–Crippen MR) is 105 cm³/mol. The zero-order chi connectivity index (χ0) is 18.7. The van der Waals surface area contributed by atoms with Crippen molar-refractivity contribution >= 4 is 17.7 Å². The van der Waals surface area contributed by atoms with Crippen molar-refractivity contribution in [3.8, 4) is 11.5 Å². The minimum absolute atomic E-state index is 0.0234. The molecule has 0 unspecified atom stereocenters. The van der Waals surface area contributed by atoms with Gasteiger partial charge in [0.25, 0.3) is 0 Å². The van der Waals surface area contributed by atoms with Crippen LogP contribution in [0.3, 0.4) is 0 Å². The molecule has 0 spiro atoms. The third-order valence-electron chi connectivity index (χ3n) is 4.42. The number of nitrogens with one attached hydrogen (secondary N) is 1. The van der Waals surface area contributed by atoms with Crippen molar-refractivity contribution in [3.05, 3.63) is 54.1 Å². The Labute approximate surface area is 159 Å². The van der Waals surface area contributed by atoms with Gasteiger partial charge in [-0.15, -0.1) is 11.8 Å². The van der Waals surface area contributed by atoms with Crippen molar-refractivity contribution in [1.29, 1.82) is 0 Å². The van der Waals surface area contributed by atoms with Crippen molar-refractivity contribution in [2.75, 3.05) is 7.11 Å². The van der Waals surface area contributed by atoms with Crippen LogP contribution in [0, 0.1) is 0 Å². The summed E-state index contributed by atoms with van der Waals surface area (Å²) in [5, 5.41) is 3.02. The first-order valence-corrected chi connectivity index (χ1v) is 9.65. The van der Waals surface area contributed by atoms with Crippen LogP contribution in [0.5, 0.6) is 11.5 Å². The third kappa shape index (κ3) is 4.33. The lowest BCUT2D eigenvalue weighted by molar-refractivity contribution is -0.121. The van der Waals surface area contributed by atoms with E-state index in [1.165, 1.54) is 0 Å². The molecule has 0 radical (unpaired) electrons. The minimum atomic E-state index is -0.338. The number of thioether (sulfide) groups is 1. The molecule has 3 rings (SSSR count). The third-order valence-corrected chi connectivity index (χ3v) is 5.53. The van der Waals surface area contributed by atoms with Gasteiger partial charge in [0.15, 0.2) is 0 Å². The molecule has 2 atom stereocenters. The molecule has 0 aliphatic carbocycles. The molecule has 1 aliphatic heterocycles. The Morgan fingerprint density at radius 2 is 2.00 bits per heavy atom. The number of carbonyl (C=O) groups excluding carboxylic acids is 1. The second-order valence-electron chi connectivity index (χ2n) is 7.10. The van der Waals surface area contributed by atoms with Crippen LogP contribution in [0.25, 0.3) is 0 Å². The quantitative estimate of drug-likeness (QED) is 0.781. The Morgan fingerprint density at radius 1 is 1.27 bits per heavy atom. The van der Waals surface area contributed by atoms with Gasteiger partial charge in [-0.2, -0.15) is 0 Å². The number of hydrogen-bond donors (Lipinski definition) is 1. The molecular weight excluding hydrogens is 346 g/mol. The van der Waals surface area contributed by atoms with E-state index in [-0.39, 0.29) is 22.8 Å². The van der Waals surface area contributed by atoms with Gasteiger partial charge in [-0.1, -0.05) is 18.2 Å². The average Bonchev–Trinajstić information content (AvgIpc) is 2.61. The fourth-order valence-electron chi connectivity index (χ4n) is 3.13. The molecule has 0 saturated heterocycles. The molecule has 1 amide bonds. The zero-order valence-corrected chi connectivity index (χ0v) is 16.4. The highest BCUT2D eigenvalue weighted by Crippen LogP contribution is 2.41. The molecule has 138 valence electrons. The Hall–Kier alpha value is -2.14. The topological polar surface area (TPSA) is 47.6 Å². The van der Waals surface area contributed by atoms with Gasteiger partial charge in [0.1, 0.15) is 17.1 Å².